The molecule has 0 heterocycles. The number of anilines is 1. The van der Waals surface area contributed by atoms with E-state index in [1.165, 1.54) is 30.5 Å². The summed E-state index contributed by atoms with van der Waals surface area (Å²) in [6.07, 6.45) is 3.98. The monoisotopic (exact) mass is 195 g/mol. The molecule has 1 saturated carbocycles. The highest BCUT2D eigenvalue weighted by molar-refractivity contribution is 6.30. The van der Waals surface area contributed by atoms with Crippen LogP contribution in [0.1, 0.15) is 24.8 Å². The fourth-order valence-corrected chi connectivity index (χ4v) is 1.79. The zero-order valence-corrected chi connectivity index (χ0v) is 8.56. The average Bonchev–Trinajstić information content (AvgIpc) is 1.99. The zero-order chi connectivity index (χ0) is 9.26. The van der Waals surface area contributed by atoms with Crippen molar-refractivity contribution in [3.05, 3.63) is 28.8 Å². The van der Waals surface area contributed by atoms with Crippen LogP contribution in [0.25, 0.3) is 0 Å². The van der Waals surface area contributed by atoms with Gasteiger partial charge >= 0.3 is 0 Å². The van der Waals surface area contributed by atoms with Crippen LogP contribution in [0.4, 0.5) is 5.69 Å². The largest absolute Gasteiger partial charge is 0.382 e. The first-order chi connectivity index (χ1) is 6.25. The Morgan fingerprint density at radius 1 is 1.38 bits per heavy atom. The van der Waals surface area contributed by atoms with Gasteiger partial charge in [-0.25, -0.2) is 0 Å². The maximum absolute atomic E-state index is 5.87. The summed E-state index contributed by atoms with van der Waals surface area (Å²) in [5.74, 6) is 0. The Morgan fingerprint density at radius 2 is 2.15 bits per heavy atom. The van der Waals surface area contributed by atoms with Gasteiger partial charge in [-0.05, 0) is 49.9 Å². The molecule has 1 aliphatic carbocycles. The molecule has 1 fully saturated rings. The van der Waals surface area contributed by atoms with Crippen molar-refractivity contribution in [2.24, 2.45) is 0 Å². The summed E-state index contributed by atoms with van der Waals surface area (Å²) in [5, 5.41) is 4.33. The smallest absolute Gasteiger partial charge is 0.0410 e. The minimum atomic E-state index is 0.694. The van der Waals surface area contributed by atoms with Gasteiger partial charge in [-0.15, -0.1) is 0 Å². The lowest BCUT2D eigenvalue weighted by atomic mass is 9.93. The highest BCUT2D eigenvalue weighted by atomic mass is 35.5. The summed E-state index contributed by atoms with van der Waals surface area (Å²) in [4.78, 5) is 0. The predicted octanol–water partition coefficient (Wildman–Crippen LogP) is 3.61. The van der Waals surface area contributed by atoms with Crippen LogP contribution in [0.15, 0.2) is 18.2 Å². The maximum atomic E-state index is 5.87. The molecule has 1 N–H and O–H groups in total. The van der Waals surface area contributed by atoms with E-state index < -0.39 is 0 Å². The number of halogens is 1. The van der Waals surface area contributed by atoms with Crippen LogP contribution < -0.4 is 5.32 Å². The maximum Gasteiger partial charge on any atom is 0.0410 e. The van der Waals surface area contributed by atoms with Gasteiger partial charge in [0.05, 0.1) is 0 Å². The van der Waals surface area contributed by atoms with Gasteiger partial charge in [0.25, 0.3) is 0 Å². The SMILES string of the molecule is Cc1cc(Cl)ccc1NC1CCC1. The lowest BCUT2D eigenvalue weighted by molar-refractivity contribution is 0.445. The molecule has 0 aliphatic heterocycles. The highest BCUT2D eigenvalue weighted by Gasteiger charge is 2.17. The van der Waals surface area contributed by atoms with Crippen molar-refractivity contribution in [2.75, 3.05) is 5.32 Å². The topological polar surface area (TPSA) is 12.0 Å². The Balaban J connectivity index is 2.10. The Hall–Kier alpha value is -0.690. The predicted molar refractivity (Wildman–Crippen MR) is 57.5 cm³/mol. The Bertz CT molecular complexity index is 305. The molecule has 0 atom stereocenters. The van der Waals surface area contributed by atoms with Gasteiger partial charge in [-0.1, -0.05) is 11.6 Å². The zero-order valence-electron chi connectivity index (χ0n) is 7.81. The number of rotatable bonds is 2. The molecule has 0 aromatic heterocycles. The first-order valence-electron chi connectivity index (χ1n) is 4.78. The molecule has 0 spiro atoms. The molecule has 2 heteroatoms. The van der Waals surface area contributed by atoms with E-state index in [1.54, 1.807) is 0 Å². The van der Waals surface area contributed by atoms with Crippen molar-refractivity contribution < 1.29 is 0 Å². The third kappa shape index (κ3) is 1.97. The van der Waals surface area contributed by atoms with E-state index in [-0.39, 0.29) is 0 Å². The third-order valence-corrected chi connectivity index (χ3v) is 2.89. The molecule has 1 aromatic rings. The van der Waals surface area contributed by atoms with Crippen molar-refractivity contribution >= 4 is 17.3 Å². The first kappa shape index (κ1) is 8.89. The lowest BCUT2D eigenvalue weighted by Crippen LogP contribution is -2.27. The Kier molecular flexibility index (Phi) is 2.45. The van der Waals surface area contributed by atoms with Crippen molar-refractivity contribution in [3.63, 3.8) is 0 Å². The van der Waals surface area contributed by atoms with Crippen LogP contribution in [-0.2, 0) is 0 Å². The van der Waals surface area contributed by atoms with Crippen LogP contribution in [-0.4, -0.2) is 6.04 Å². The second-order valence-electron chi connectivity index (χ2n) is 3.73. The summed E-state index contributed by atoms with van der Waals surface area (Å²) in [6.45, 7) is 2.09. The van der Waals surface area contributed by atoms with Crippen LogP contribution in [0.2, 0.25) is 5.02 Å². The van der Waals surface area contributed by atoms with Gasteiger partial charge in [0.15, 0.2) is 0 Å². The molecule has 1 aromatic carbocycles. The Morgan fingerprint density at radius 3 is 2.69 bits per heavy atom. The number of hydrogen-bond donors (Lipinski definition) is 1. The summed E-state index contributed by atoms with van der Waals surface area (Å²) in [6, 6.07) is 6.70. The minimum Gasteiger partial charge on any atom is -0.382 e. The molecule has 13 heavy (non-hydrogen) atoms. The number of nitrogens with one attached hydrogen (secondary N) is 1. The quantitative estimate of drug-likeness (QED) is 0.760. The van der Waals surface area contributed by atoms with Crippen LogP contribution in [0.3, 0.4) is 0 Å². The molecule has 1 aliphatic rings. The van der Waals surface area contributed by atoms with Crippen LogP contribution in [0.5, 0.6) is 0 Å². The van der Waals surface area contributed by atoms with E-state index in [9.17, 15) is 0 Å². The van der Waals surface area contributed by atoms with Gasteiger partial charge in [0, 0.05) is 16.8 Å². The van der Waals surface area contributed by atoms with E-state index in [2.05, 4.69) is 18.3 Å². The Labute approximate surface area is 84.1 Å². The molecule has 0 saturated heterocycles. The van der Waals surface area contributed by atoms with Gasteiger partial charge in [-0.3, -0.25) is 0 Å². The third-order valence-electron chi connectivity index (χ3n) is 2.65. The van der Waals surface area contributed by atoms with E-state index in [0.29, 0.717) is 6.04 Å². The van der Waals surface area contributed by atoms with Crippen molar-refractivity contribution in [2.45, 2.75) is 32.2 Å². The molecule has 0 unspecified atom stereocenters. The van der Waals surface area contributed by atoms with Gasteiger partial charge < -0.3 is 5.32 Å². The summed E-state index contributed by atoms with van der Waals surface area (Å²) in [7, 11) is 0. The minimum absolute atomic E-state index is 0.694. The summed E-state index contributed by atoms with van der Waals surface area (Å²) >= 11 is 5.87. The second-order valence-corrected chi connectivity index (χ2v) is 4.17. The molecule has 0 bridgehead atoms. The molecular weight excluding hydrogens is 182 g/mol. The number of hydrogen-bond acceptors (Lipinski definition) is 1. The van der Waals surface area contributed by atoms with Crippen molar-refractivity contribution in [1.29, 1.82) is 0 Å². The van der Waals surface area contributed by atoms with E-state index in [1.807, 2.05) is 12.1 Å². The van der Waals surface area contributed by atoms with Crippen LogP contribution in [0, 0.1) is 6.92 Å². The number of benzene rings is 1. The van der Waals surface area contributed by atoms with Crippen molar-refractivity contribution in [3.8, 4) is 0 Å². The van der Waals surface area contributed by atoms with E-state index >= 15 is 0 Å². The molecule has 1 nitrogen and oxygen atoms in total. The van der Waals surface area contributed by atoms with E-state index in [0.717, 1.165) is 5.02 Å². The van der Waals surface area contributed by atoms with Crippen molar-refractivity contribution in [1.82, 2.24) is 0 Å². The molecule has 2 rings (SSSR count). The van der Waals surface area contributed by atoms with Crippen LogP contribution >= 0.6 is 11.6 Å². The normalized spacial score (nSPS) is 16.8. The second kappa shape index (κ2) is 3.59. The molecular formula is C11H14ClN. The lowest BCUT2D eigenvalue weighted by Gasteiger charge is -2.28. The average molecular weight is 196 g/mol. The molecule has 0 amide bonds. The fourth-order valence-electron chi connectivity index (χ4n) is 1.56. The standard InChI is InChI=1S/C11H14ClN/c1-8-7-9(12)5-6-11(8)13-10-3-2-4-10/h5-7,10,13H,2-4H2,1H3. The number of aryl methyl sites for hydroxylation is 1. The summed E-state index contributed by atoms with van der Waals surface area (Å²) < 4.78 is 0. The van der Waals surface area contributed by atoms with Gasteiger partial charge in [-0.2, -0.15) is 0 Å². The van der Waals surface area contributed by atoms with E-state index in [4.69, 9.17) is 11.6 Å². The molecule has 70 valence electrons. The highest BCUT2D eigenvalue weighted by Crippen LogP contribution is 2.26. The fraction of sp³-hybridized carbons (Fsp3) is 0.455. The summed E-state index contributed by atoms with van der Waals surface area (Å²) in [5.41, 5.74) is 2.47. The van der Waals surface area contributed by atoms with Gasteiger partial charge in [0.2, 0.25) is 0 Å². The first-order valence-corrected chi connectivity index (χ1v) is 5.16. The molecule has 0 radical (unpaired) electrons. The van der Waals surface area contributed by atoms with Gasteiger partial charge in [0.1, 0.15) is 0 Å².